The van der Waals surface area contributed by atoms with Gasteiger partial charge in [0.15, 0.2) is 0 Å². The minimum absolute atomic E-state index is 0.106. The van der Waals surface area contributed by atoms with Crippen LogP contribution < -0.4 is 5.32 Å². The minimum atomic E-state index is -0.925. The number of pyridine rings is 1. The largest absolute Gasteiger partial charge is 0.481 e. The van der Waals surface area contributed by atoms with Crippen molar-refractivity contribution < 1.29 is 19.2 Å². The number of fused-ring (bicyclic) bond motifs is 1. The zero-order chi connectivity index (χ0) is 18.8. The lowest BCUT2D eigenvalue weighted by Crippen LogP contribution is -2.14. The van der Waals surface area contributed by atoms with E-state index in [4.69, 9.17) is 9.63 Å². The fraction of sp³-hybridized carbons (Fsp3) is 0.263. The summed E-state index contributed by atoms with van der Waals surface area (Å²) in [5.41, 5.74) is 3.23. The molecular weight excluding hydrogens is 334 g/mol. The lowest BCUT2D eigenvalue weighted by atomic mass is 10.0. The molecular formula is C19H19N3O4. The number of nitrogens with zero attached hydrogens (tertiary/aromatic N) is 2. The molecule has 0 bridgehead atoms. The molecule has 0 atom stereocenters. The number of aliphatic carboxylic acids is 1. The number of aromatic nitrogens is 2. The predicted molar refractivity (Wildman–Crippen MR) is 96.4 cm³/mol. The van der Waals surface area contributed by atoms with Gasteiger partial charge in [-0.15, -0.1) is 0 Å². The number of rotatable bonds is 5. The van der Waals surface area contributed by atoms with E-state index in [9.17, 15) is 9.59 Å². The van der Waals surface area contributed by atoms with E-state index in [-0.39, 0.29) is 18.2 Å². The molecule has 2 heterocycles. The maximum Gasteiger partial charge on any atom is 0.307 e. The Bertz CT molecular complexity index is 992. The molecule has 26 heavy (non-hydrogen) atoms. The van der Waals surface area contributed by atoms with E-state index in [2.05, 4.69) is 15.5 Å². The summed E-state index contributed by atoms with van der Waals surface area (Å²) >= 11 is 0. The van der Waals surface area contributed by atoms with E-state index in [1.807, 2.05) is 13.8 Å². The zero-order valence-electron chi connectivity index (χ0n) is 14.7. The first kappa shape index (κ1) is 17.6. The molecule has 0 unspecified atom stereocenters. The summed E-state index contributed by atoms with van der Waals surface area (Å²) in [7, 11) is 0. The molecule has 7 nitrogen and oxygen atoms in total. The van der Waals surface area contributed by atoms with Gasteiger partial charge in [0.2, 0.25) is 0 Å². The molecule has 0 spiro atoms. The van der Waals surface area contributed by atoms with Crippen LogP contribution >= 0.6 is 0 Å². The number of aryl methyl sites for hydroxylation is 1. The lowest BCUT2D eigenvalue weighted by Gasteiger charge is -2.10. The van der Waals surface area contributed by atoms with Gasteiger partial charge in [0, 0.05) is 11.4 Å². The number of anilines is 1. The molecule has 2 N–H and O–H groups in total. The summed E-state index contributed by atoms with van der Waals surface area (Å²) in [5.74, 6) is -1.13. The summed E-state index contributed by atoms with van der Waals surface area (Å²) in [6, 6.07) is 8.52. The molecule has 0 fully saturated rings. The van der Waals surface area contributed by atoms with Crippen LogP contribution in [-0.2, 0) is 11.2 Å². The van der Waals surface area contributed by atoms with Crippen molar-refractivity contribution in [1.29, 1.82) is 0 Å². The van der Waals surface area contributed by atoms with Gasteiger partial charge in [0.05, 0.1) is 23.1 Å². The Morgan fingerprint density at radius 3 is 2.73 bits per heavy atom. The summed E-state index contributed by atoms with van der Waals surface area (Å²) in [4.78, 5) is 28.1. The fourth-order valence-electron chi connectivity index (χ4n) is 2.72. The average Bonchev–Trinajstić information content (AvgIpc) is 2.95. The maximum absolute atomic E-state index is 12.9. The van der Waals surface area contributed by atoms with Crippen LogP contribution in [0.3, 0.4) is 0 Å². The number of hydrogen-bond acceptors (Lipinski definition) is 5. The van der Waals surface area contributed by atoms with Gasteiger partial charge in [0.25, 0.3) is 11.6 Å². The van der Waals surface area contributed by atoms with Gasteiger partial charge in [-0.2, -0.15) is 0 Å². The molecule has 3 aromatic rings. The first-order valence-electron chi connectivity index (χ1n) is 8.24. The Morgan fingerprint density at radius 1 is 1.27 bits per heavy atom. The van der Waals surface area contributed by atoms with Crippen LogP contribution in [0, 0.1) is 6.92 Å². The van der Waals surface area contributed by atoms with Crippen molar-refractivity contribution in [3.05, 3.63) is 52.8 Å². The smallest absolute Gasteiger partial charge is 0.307 e. The third kappa shape index (κ3) is 3.56. The van der Waals surface area contributed by atoms with Crippen molar-refractivity contribution in [2.24, 2.45) is 0 Å². The quantitative estimate of drug-likeness (QED) is 0.727. The number of benzene rings is 1. The van der Waals surface area contributed by atoms with Crippen molar-refractivity contribution >= 4 is 28.7 Å². The lowest BCUT2D eigenvalue weighted by molar-refractivity contribution is -0.136. The van der Waals surface area contributed by atoms with Gasteiger partial charge in [-0.05, 0) is 36.6 Å². The first-order valence-corrected chi connectivity index (χ1v) is 8.24. The van der Waals surface area contributed by atoms with E-state index in [1.54, 1.807) is 37.3 Å². The highest BCUT2D eigenvalue weighted by atomic mass is 16.5. The van der Waals surface area contributed by atoms with Crippen molar-refractivity contribution in [1.82, 2.24) is 10.1 Å². The van der Waals surface area contributed by atoms with Crippen LogP contribution in [0.4, 0.5) is 5.69 Å². The Kier molecular flexibility index (Phi) is 4.71. The Balaban J connectivity index is 1.97. The van der Waals surface area contributed by atoms with Gasteiger partial charge < -0.3 is 14.9 Å². The van der Waals surface area contributed by atoms with E-state index in [0.717, 1.165) is 5.69 Å². The number of carboxylic acids is 1. The average molecular weight is 353 g/mol. The van der Waals surface area contributed by atoms with Crippen LogP contribution in [0.1, 0.15) is 47.1 Å². The third-order valence-electron chi connectivity index (χ3n) is 4.01. The van der Waals surface area contributed by atoms with Crippen molar-refractivity contribution in [3.8, 4) is 0 Å². The SMILES string of the molecule is Cc1noc2nc(C(C)C)cc(C(=O)Nc3cccc(CC(=O)O)c3)c12. The minimum Gasteiger partial charge on any atom is -0.481 e. The van der Waals surface area contributed by atoms with Crippen LogP contribution in [-0.4, -0.2) is 27.1 Å². The van der Waals surface area contributed by atoms with Crippen LogP contribution in [0.2, 0.25) is 0 Å². The number of amides is 1. The highest BCUT2D eigenvalue weighted by molar-refractivity contribution is 6.12. The molecule has 0 saturated carbocycles. The number of carboxylic acid groups (broad SMARTS) is 1. The second-order valence-corrected chi connectivity index (χ2v) is 6.42. The maximum atomic E-state index is 12.9. The van der Waals surface area contributed by atoms with Gasteiger partial charge in [-0.3, -0.25) is 9.59 Å². The summed E-state index contributed by atoms with van der Waals surface area (Å²) in [6.45, 7) is 5.72. The second kappa shape index (κ2) is 6.95. The van der Waals surface area contributed by atoms with E-state index >= 15 is 0 Å². The standard InChI is InChI=1S/C19H19N3O4/c1-10(2)15-9-14(17-11(3)22-26-19(17)21-15)18(25)20-13-6-4-5-12(7-13)8-16(23)24/h4-7,9-10H,8H2,1-3H3,(H,20,25)(H,23,24). The fourth-order valence-corrected chi connectivity index (χ4v) is 2.72. The Labute approximate surface area is 150 Å². The highest BCUT2D eigenvalue weighted by Crippen LogP contribution is 2.26. The number of nitrogens with one attached hydrogen (secondary N) is 1. The Hall–Kier alpha value is -3.22. The Morgan fingerprint density at radius 2 is 2.04 bits per heavy atom. The molecule has 2 aromatic heterocycles. The van der Waals surface area contributed by atoms with Crippen LogP contribution in [0.5, 0.6) is 0 Å². The van der Waals surface area contributed by atoms with E-state index in [0.29, 0.717) is 33.6 Å². The van der Waals surface area contributed by atoms with Gasteiger partial charge in [0.1, 0.15) is 0 Å². The van der Waals surface area contributed by atoms with Crippen molar-refractivity contribution in [2.45, 2.75) is 33.1 Å². The summed E-state index contributed by atoms with van der Waals surface area (Å²) in [6.07, 6.45) is -0.106. The predicted octanol–water partition coefficient (Wildman–Crippen LogP) is 3.53. The van der Waals surface area contributed by atoms with E-state index < -0.39 is 5.97 Å². The highest BCUT2D eigenvalue weighted by Gasteiger charge is 2.20. The van der Waals surface area contributed by atoms with Crippen LogP contribution in [0.25, 0.3) is 11.1 Å². The normalized spacial score (nSPS) is 11.1. The topological polar surface area (TPSA) is 105 Å². The van der Waals surface area contributed by atoms with Gasteiger partial charge in [-0.25, -0.2) is 4.98 Å². The zero-order valence-corrected chi connectivity index (χ0v) is 14.7. The molecule has 0 aliphatic heterocycles. The molecule has 0 aliphatic rings. The van der Waals surface area contributed by atoms with Gasteiger partial charge in [-0.1, -0.05) is 31.1 Å². The molecule has 7 heteroatoms. The van der Waals surface area contributed by atoms with Crippen molar-refractivity contribution in [2.75, 3.05) is 5.32 Å². The molecule has 1 aromatic carbocycles. The molecule has 0 saturated heterocycles. The van der Waals surface area contributed by atoms with E-state index in [1.165, 1.54) is 0 Å². The second-order valence-electron chi connectivity index (χ2n) is 6.42. The van der Waals surface area contributed by atoms with Crippen molar-refractivity contribution in [3.63, 3.8) is 0 Å². The molecule has 134 valence electrons. The number of carbonyl (C=O) groups excluding carboxylic acids is 1. The van der Waals surface area contributed by atoms with Crippen LogP contribution in [0.15, 0.2) is 34.9 Å². The molecule has 0 radical (unpaired) electrons. The third-order valence-corrected chi connectivity index (χ3v) is 4.01. The molecule has 1 amide bonds. The molecule has 0 aliphatic carbocycles. The first-order chi connectivity index (χ1) is 12.3. The summed E-state index contributed by atoms with van der Waals surface area (Å²) < 4.78 is 5.24. The number of carbonyl (C=O) groups is 2. The van der Waals surface area contributed by atoms with Gasteiger partial charge >= 0.3 is 5.97 Å². The molecule has 3 rings (SSSR count). The number of hydrogen-bond donors (Lipinski definition) is 2. The monoisotopic (exact) mass is 353 g/mol. The summed E-state index contributed by atoms with van der Waals surface area (Å²) in [5, 5.41) is 16.2.